The van der Waals surface area contributed by atoms with Gasteiger partial charge in [0.05, 0.1) is 10.6 Å². The number of benzene rings is 1. The van der Waals surface area contributed by atoms with Crippen molar-refractivity contribution in [1.82, 2.24) is 10.2 Å². The van der Waals surface area contributed by atoms with Crippen LogP contribution < -0.4 is 0 Å². The Morgan fingerprint density at radius 1 is 1.15 bits per heavy atom. The molecular formula is C20H17ClN2O4. The zero-order chi connectivity index (χ0) is 19.0. The van der Waals surface area contributed by atoms with E-state index in [1.165, 1.54) is 18.4 Å². The van der Waals surface area contributed by atoms with Crippen LogP contribution in [0.2, 0.25) is 5.02 Å². The van der Waals surface area contributed by atoms with Gasteiger partial charge in [0.1, 0.15) is 29.7 Å². The number of ether oxygens (including phenoxy) is 2. The van der Waals surface area contributed by atoms with E-state index in [1.54, 1.807) is 6.26 Å². The van der Waals surface area contributed by atoms with Crippen molar-refractivity contribution < 1.29 is 19.7 Å². The number of H-pyrrole nitrogens is 1. The van der Waals surface area contributed by atoms with Crippen molar-refractivity contribution >= 4 is 17.4 Å². The van der Waals surface area contributed by atoms with Gasteiger partial charge < -0.3 is 19.7 Å². The summed E-state index contributed by atoms with van der Waals surface area (Å²) in [6.45, 7) is 1.84. The molecule has 3 N–H and O–H groups in total. The summed E-state index contributed by atoms with van der Waals surface area (Å²) in [5, 5.41) is 27.2. The number of aryl methyl sites for hydroxylation is 1. The highest BCUT2D eigenvalue weighted by Crippen LogP contribution is 2.41. The fourth-order valence-corrected chi connectivity index (χ4v) is 3.21. The van der Waals surface area contributed by atoms with E-state index in [1.807, 2.05) is 19.1 Å². The number of phenols is 2. The lowest BCUT2D eigenvalue weighted by Crippen LogP contribution is -2.04. The van der Waals surface area contributed by atoms with Gasteiger partial charge in [-0.2, -0.15) is 5.10 Å². The lowest BCUT2D eigenvalue weighted by atomic mass is 10.0. The molecule has 0 spiro atoms. The molecule has 1 aromatic carbocycles. The van der Waals surface area contributed by atoms with Crippen molar-refractivity contribution in [1.29, 1.82) is 0 Å². The van der Waals surface area contributed by atoms with Gasteiger partial charge in [0.15, 0.2) is 11.5 Å². The topological polar surface area (TPSA) is 87.6 Å². The summed E-state index contributed by atoms with van der Waals surface area (Å²) < 4.78 is 11.6. The standard InChI is InChI=1S/C20H17ClN2O4/c1-11-19(18-10-26-9-17(27-18)12-5-3-2-4-6-12)20(23-22-11)13-7-14(21)16(25)8-15(13)24/h2-3,5,7-10,24-25H,4,6H2,1H3,(H,22,23). The van der Waals surface area contributed by atoms with Gasteiger partial charge in [0, 0.05) is 17.3 Å². The molecule has 0 radical (unpaired) electrons. The zero-order valence-corrected chi connectivity index (χ0v) is 15.2. The van der Waals surface area contributed by atoms with E-state index >= 15 is 0 Å². The quantitative estimate of drug-likeness (QED) is 0.699. The Morgan fingerprint density at radius 2 is 1.96 bits per heavy atom. The number of allylic oxidation sites excluding steroid dienone is 4. The summed E-state index contributed by atoms with van der Waals surface area (Å²) in [4.78, 5) is 0. The van der Waals surface area contributed by atoms with Crippen molar-refractivity contribution in [2.45, 2.75) is 19.8 Å². The van der Waals surface area contributed by atoms with E-state index in [4.69, 9.17) is 21.1 Å². The average Bonchev–Trinajstić information content (AvgIpc) is 3.07. The number of hydrogen-bond donors (Lipinski definition) is 3. The molecule has 0 bridgehead atoms. The molecule has 6 nitrogen and oxygen atoms in total. The average molecular weight is 385 g/mol. The summed E-state index contributed by atoms with van der Waals surface area (Å²) in [5.41, 5.74) is 3.24. The second-order valence-corrected chi connectivity index (χ2v) is 6.66. The minimum absolute atomic E-state index is 0.115. The van der Waals surface area contributed by atoms with Crippen LogP contribution in [-0.2, 0) is 9.47 Å². The monoisotopic (exact) mass is 384 g/mol. The van der Waals surface area contributed by atoms with E-state index in [-0.39, 0.29) is 16.5 Å². The van der Waals surface area contributed by atoms with E-state index in [0.717, 1.165) is 24.1 Å². The molecule has 27 heavy (non-hydrogen) atoms. The van der Waals surface area contributed by atoms with Crippen molar-refractivity contribution in [3.8, 4) is 22.8 Å². The molecule has 1 aromatic heterocycles. The van der Waals surface area contributed by atoms with Crippen molar-refractivity contribution in [3.05, 3.63) is 70.5 Å². The maximum atomic E-state index is 10.3. The van der Waals surface area contributed by atoms with Crippen LogP contribution in [0.4, 0.5) is 0 Å². The summed E-state index contributed by atoms with van der Waals surface area (Å²) >= 11 is 6.01. The Hall–Kier alpha value is -3.12. The van der Waals surface area contributed by atoms with E-state index in [9.17, 15) is 10.2 Å². The maximum absolute atomic E-state index is 10.3. The Kier molecular flexibility index (Phi) is 4.41. The summed E-state index contributed by atoms with van der Waals surface area (Å²) in [7, 11) is 0. The largest absolute Gasteiger partial charge is 0.507 e. The molecule has 0 saturated heterocycles. The molecule has 4 rings (SSSR count). The van der Waals surface area contributed by atoms with E-state index in [2.05, 4.69) is 16.3 Å². The van der Waals surface area contributed by atoms with Crippen LogP contribution in [0.5, 0.6) is 11.5 Å². The highest BCUT2D eigenvalue weighted by Gasteiger charge is 2.25. The number of nitrogens with zero attached hydrogens (tertiary/aromatic N) is 1. The van der Waals surface area contributed by atoms with Gasteiger partial charge in [-0.3, -0.25) is 5.10 Å². The molecule has 1 aliphatic carbocycles. The third kappa shape index (κ3) is 3.19. The molecule has 138 valence electrons. The lowest BCUT2D eigenvalue weighted by Gasteiger charge is -2.20. The molecule has 0 saturated carbocycles. The summed E-state index contributed by atoms with van der Waals surface area (Å²) in [5.74, 6) is 0.757. The van der Waals surface area contributed by atoms with Gasteiger partial charge in [0.2, 0.25) is 0 Å². The first kappa shape index (κ1) is 17.3. The predicted octanol–water partition coefficient (Wildman–Crippen LogP) is 4.91. The first-order valence-corrected chi connectivity index (χ1v) is 8.79. The number of hydrogen-bond acceptors (Lipinski definition) is 5. The van der Waals surface area contributed by atoms with Gasteiger partial charge in [-0.15, -0.1) is 0 Å². The molecule has 1 aliphatic heterocycles. The van der Waals surface area contributed by atoms with Crippen molar-refractivity contribution in [3.63, 3.8) is 0 Å². The molecule has 0 fully saturated rings. The van der Waals surface area contributed by atoms with Crippen LogP contribution in [0.25, 0.3) is 17.0 Å². The normalized spacial score (nSPS) is 16.1. The molecule has 2 heterocycles. The minimum atomic E-state index is -0.203. The number of halogens is 1. The van der Waals surface area contributed by atoms with Crippen LogP contribution in [0.1, 0.15) is 24.1 Å². The summed E-state index contributed by atoms with van der Waals surface area (Å²) in [6.07, 6.45) is 11.0. The van der Waals surface area contributed by atoms with Gasteiger partial charge in [-0.05, 0) is 31.4 Å². The van der Waals surface area contributed by atoms with Crippen molar-refractivity contribution in [2.75, 3.05) is 0 Å². The van der Waals surface area contributed by atoms with Crippen LogP contribution in [0.3, 0.4) is 0 Å². The highest BCUT2D eigenvalue weighted by atomic mass is 35.5. The molecule has 0 unspecified atom stereocenters. The second-order valence-electron chi connectivity index (χ2n) is 6.25. The Labute approximate surface area is 160 Å². The number of aromatic hydroxyl groups is 2. The third-order valence-electron chi connectivity index (χ3n) is 4.41. The van der Waals surface area contributed by atoms with E-state index < -0.39 is 0 Å². The van der Waals surface area contributed by atoms with Crippen LogP contribution >= 0.6 is 11.6 Å². The number of rotatable bonds is 3. The molecule has 2 aromatic rings. The van der Waals surface area contributed by atoms with Gasteiger partial charge in [-0.25, -0.2) is 0 Å². The Morgan fingerprint density at radius 3 is 2.74 bits per heavy atom. The number of nitrogens with one attached hydrogen (secondary N) is 1. The van der Waals surface area contributed by atoms with Crippen LogP contribution in [0, 0.1) is 6.92 Å². The SMILES string of the molecule is Cc1[nH]nc(-c2cc(Cl)c(O)cc2O)c1C1=COC=C(C2=CC=CCC2)O1. The van der Waals surface area contributed by atoms with Gasteiger partial charge in [-0.1, -0.05) is 29.8 Å². The highest BCUT2D eigenvalue weighted by molar-refractivity contribution is 6.32. The zero-order valence-electron chi connectivity index (χ0n) is 14.5. The molecule has 0 amide bonds. The fourth-order valence-electron chi connectivity index (χ4n) is 3.05. The smallest absolute Gasteiger partial charge is 0.173 e. The second kappa shape index (κ2) is 6.89. The van der Waals surface area contributed by atoms with Gasteiger partial charge in [0.25, 0.3) is 0 Å². The lowest BCUT2D eigenvalue weighted by molar-refractivity contribution is 0.285. The number of aromatic nitrogens is 2. The maximum Gasteiger partial charge on any atom is 0.173 e. The molecular weight excluding hydrogens is 368 g/mol. The number of aromatic amines is 1. The first-order valence-electron chi connectivity index (χ1n) is 8.41. The van der Waals surface area contributed by atoms with Crippen molar-refractivity contribution in [2.24, 2.45) is 0 Å². The molecule has 2 aliphatic rings. The fraction of sp³-hybridized carbons (Fsp3) is 0.150. The van der Waals surface area contributed by atoms with E-state index in [0.29, 0.717) is 28.3 Å². The van der Waals surface area contributed by atoms with Gasteiger partial charge >= 0.3 is 0 Å². The predicted molar refractivity (Wildman–Crippen MR) is 102 cm³/mol. The number of phenolic OH excluding ortho intramolecular Hbond substituents is 2. The van der Waals surface area contributed by atoms with Crippen LogP contribution in [-0.4, -0.2) is 20.4 Å². The molecule has 0 atom stereocenters. The van der Waals surface area contributed by atoms with Crippen LogP contribution in [0.15, 0.2) is 54.2 Å². The minimum Gasteiger partial charge on any atom is -0.507 e. The Bertz CT molecular complexity index is 1030. The first-order chi connectivity index (χ1) is 13.0. The summed E-state index contributed by atoms with van der Waals surface area (Å²) in [6, 6.07) is 2.64. The molecule has 7 heteroatoms. The Balaban J connectivity index is 1.73. The third-order valence-corrected chi connectivity index (χ3v) is 4.72.